The van der Waals surface area contributed by atoms with Crippen LogP contribution in [0.1, 0.15) is 5.56 Å². The lowest BCUT2D eigenvalue weighted by Crippen LogP contribution is -1.99. The van der Waals surface area contributed by atoms with Crippen molar-refractivity contribution in [2.75, 3.05) is 0 Å². The van der Waals surface area contributed by atoms with Crippen molar-refractivity contribution in [3.63, 3.8) is 0 Å². The first kappa shape index (κ1) is 27.5. The third-order valence-corrected chi connectivity index (χ3v) is 9.47. The number of hydrogen-bond acceptors (Lipinski definition) is 3. The lowest BCUT2D eigenvalue weighted by molar-refractivity contribution is 0.483. The van der Waals surface area contributed by atoms with Crippen LogP contribution in [0, 0.1) is 6.92 Å². The maximum Gasteiger partial charge on any atom is 0.220 e. The Labute approximate surface area is 281 Å². The van der Waals surface area contributed by atoms with E-state index in [0.717, 1.165) is 78.4 Å². The number of imidazole rings is 2. The highest BCUT2D eigenvalue weighted by atomic mass is 16.5. The topological polar surface area (TPSA) is 49.3 Å². The molecular formula is C43H29N5O. The molecule has 6 aromatic carbocycles. The number of fused-ring (bicyclic) bond motifs is 8. The first-order valence-corrected chi connectivity index (χ1v) is 16.4. The zero-order valence-corrected chi connectivity index (χ0v) is 26.7. The van der Waals surface area contributed by atoms with Gasteiger partial charge in [0, 0.05) is 34.7 Å². The van der Waals surface area contributed by atoms with Crippen molar-refractivity contribution >= 4 is 49.7 Å². The Hall–Kier alpha value is -6.66. The minimum atomic E-state index is 0.743. The van der Waals surface area contributed by atoms with Crippen molar-refractivity contribution in [1.82, 2.24) is 23.5 Å². The molecule has 0 bridgehead atoms. The van der Waals surface area contributed by atoms with Crippen molar-refractivity contribution in [2.45, 2.75) is 6.92 Å². The maximum atomic E-state index is 6.62. The highest BCUT2D eigenvalue weighted by molar-refractivity contribution is 6.09. The Morgan fingerprint density at radius 2 is 1.24 bits per heavy atom. The Kier molecular flexibility index (Phi) is 5.99. The van der Waals surface area contributed by atoms with E-state index in [9.17, 15) is 0 Å². The van der Waals surface area contributed by atoms with Crippen LogP contribution < -0.4 is 4.74 Å². The summed E-state index contributed by atoms with van der Waals surface area (Å²) in [5, 5.41) is 2.32. The van der Waals surface area contributed by atoms with Gasteiger partial charge in [0.15, 0.2) is 0 Å². The summed E-state index contributed by atoms with van der Waals surface area (Å²) in [7, 11) is 0. The molecule has 0 N–H and O–H groups in total. The van der Waals surface area contributed by atoms with Gasteiger partial charge in [-0.1, -0.05) is 78.9 Å². The average Bonchev–Trinajstić information content (AvgIpc) is 3.79. The highest BCUT2D eigenvalue weighted by Gasteiger charge is 2.18. The van der Waals surface area contributed by atoms with Crippen LogP contribution >= 0.6 is 0 Å². The van der Waals surface area contributed by atoms with Gasteiger partial charge >= 0.3 is 0 Å². The molecule has 6 heteroatoms. The molecule has 4 aromatic heterocycles. The van der Waals surface area contributed by atoms with Crippen molar-refractivity contribution in [3.8, 4) is 34.1 Å². The molecule has 0 unspecified atom stereocenters. The van der Waals surface area contributed by atoms with Crippen LogP contribution in [-0.2, 0) is 0 Å². The van der Waals surface area contributed by atoms with E-state index in [1.54, 1.807) is 0 Å². The fourth-order valence-corrected chi connectivity index (χ4v) is 7.27. The molecule has 0 fully saturated rings. The SMILES string of the molecule is Cc1cc(-n2c3ccccc3c3ccc(Oc4cccc(-n5c6ccccc6n6c7ccccc7nc56)c4)cc32)ncc1-c1ccccc1. The number of aromatic nitrogens is 5. The van der Waals surface area contributed by atoms with Gasteiger partial charge in [-0.3, -0.25) is 13.5 Å². The molecular weight excluding hydrogens is 603 g/mol. The molecule has 0 aliphatic carbocycles. The number of aryl methyl sites for hydroxylation is 1. The van der Waals surface area contributed by atoms with E-state index in [0.29, 0.717) is 0 Å². The normalized spacial score (nSPS) is 11.8. The molecule has 0 atom stereocenters. The van der Waals surface area contributed by atoms with E-state index in [4.69, 9.17) is 14.7 Å². The van der Waals surface area contributed by atoms with Gasteiger partial charge in [-0.2, -0.15) is 0 Å². The van der Waals surface area contributed by atoms with Crippen LogP contribution in [-0.4, -0.2) is 23.5 Å². The van der Waals surface area contributed by atoms with Gasteiger partial charge in [-0.15, -0.1) is 0 Å². The smallest absolute Gasteiger partial charge is 0.220 e. The van der Waals surface area contributed by atoms with E-state index < -0.39 is 0 Å². The summed E-state index contributed by atoms with van der Waals surface area (Å²) in [6, 6.07) is 52.3. The van der Waals surface area contributed by atoms with Crippen molar-refractivity contribution in [2.24, 2.45) is 0 Å². The number of nitrogens with zero attached hydrogens (tertiary/aromatic N) is 5. The molecule has 10 rings (SSSR count). The number of ether oxygens (including phenoxy) is 1. The summed E-state index contributed by atoms with van der Waals surface area (Å²) in [4.78, 5) is 10.0. The molecule has 0 amide bonds. The fourth-order valence-electron chi connectivity index (χ4n) is 7.27. The third kappa shape index (κ3) is 4.27. The molecule has 0 aliphatic heterocycles. The Bertz CT molecular complexity index is 2880. The van der Waals surface area contributed by atoms with Crippen LogP contribution in [0.25, 0.3) is 72.3 Å². The number of benzene rings is 6. The maximum absolute atomic E-state index is 6.62. The molecule has 0 spiro atoms. The van der Waals surface area contributed by atoms with E-state index in [-0.39, 0.29) is 0 Å². The zero-order chi connectivity index (χ0) is 32.5. The molecule has 49 heavy (non-hydrogen) atoms. The largest absolute Gasteiger partial charge is 0.457 e. The first-order chi connectivity index (χ1) is 24.2. The van der Waals surface area contributed by atoms with Crippen LogP contribution in [0.4, 0.5) is 0 Å². The second kappa shape index (κ2) is 10.7. The lowest BCUT2D eigenvalue weighted by atomic mass is 10.0. The zero-order valence-electron chi connectivity index (χ0n) is 26.7. The molecule has 0 saturated heterocycles. The molecule has 0 aliphatic rings. The second-order valence-corrected chi connectivity index (χ2v) is 12.4. The van der Waals surface area contributed by atoms with Gasteiger partial charge in [0.1, 0.15) is 17.3 Å². The minimum Gasteiger partial charge on any atom is -0.457 e. The van der Waals surface area contributed by atoms with E-state index in [1.807, 2.05) is 36.5 Å². The van der Waals surface area contributed by atoms with Gasteiger partial charge in [0.2, 0.25) is 5.78 Å². The first-order valence-electron chi connectivity index (χ1n) is 16.4. The summed E-state index contributed by atoms with van der Waals surface area (Å²) >= 11 is 0. The molecule has 6 nitrogen and oxygen atoms in total. The van der Waals surface area contributed by atoms with E-state index in [2.05, 4.69) is 142 Å². The van der Waals surface area contributed by atoms with Gasteiger partial charge < -0.3 is 4.74 Å². The van der Waals surface area contributed by atoms with E-state index >= 15 is 0 Å². The minimum absolute atomic E-state index is 0.743. The summed E-state index contributed by atoms with van der Waals surface area (Å²) < 4.78 is 13.3. The van der Waals surface area contributed by atoms with Gasteiger partial charge in [-0.05, 0) is 78.7 Å². The number of para-hydroxylation sites is 5. The summed E-state index contributed by atoms with van der Waals surface area (Å²) in [6.45, 7) is 2.15. The van der Waals surface area contributed by atoms with Crippen LogP contribution in [0.5, 0.6) is 11.5 Å². The van der Waals surface area contributed by atoms with Crippen molar-refractivity contribution in [1.29, 1.82) is 0 Å². The third-order valence-electron chi connectivity index (χ3n) is 9.47. The van der Waals surface area contributed by atoms with Gasteiger partial charge in [0.05, 0.1) is 38.8 Å². The van der Waals surface area contributed by atoms with E-state index in [1.165, 1.54) is 10.9 Å². The van der Waals surface area contributed by atoms with Gasteiger partial charge in [-0.25, -0.2) is 9.97 Å². The summed E-state index contributed by atoms with van der Waals surface area (Å²) in [6.07, 6.45) is 1.98. The average molecular weight is 632 g/mol. The number of rotatable bonds is 5. The predicted molar refractivity (Wildman–Crippen MR) is 198 cm³/mol. The second-order valence-electron chi connectivity index (χ2n) is 12.4. The van der Waals surface area contributed by atoms with Gasteiger partial charge in [0.25, 0.3) is 0 Å². The van der Waals surface area contributed by atoms with Crippen LogP contribution in [0.3, 0.4) is 0 Å². The standard InChI is InChI=1S/C43H29N5O/c1-28-24-42(44-27-35(28)29-12-3-2-4-13-29)47-37-18-7-5-16-33(37)34-23-22-32(26-41(34)47)49-31-15-11-14-30(25-31)46-39-20-9-10-21-40(39)48-38-19-8-6-17-36(38)45-43(46)48/h2-27H,1H3. The Morgan fingerprint density at radius 3 is 2.10 bits per heavy atom. The molecule has 232 valence electrons. The van der Waals surface area contributed by atoms with Crippen molar-refractivity contribution < 1.29 is 4.74 Å². The van der Waals surface area contributed by atoms with Crippen LogP contribution in [0.15, 0.2) is 158 Å². The monoisotopic (exact) mass is 631 g/mol. The molecule has 10 aromatic rings. The summed E-state index contributed by atoms with van der Waals surface area (Å²) in [5.74, 6) is 3.23. The molecule has 0 radical (unpaired) electrons. The fraction of sp³-hybridized carbons (Fsp3) is 0.0233. The predicted octanol–water partition coefficient (Wildman–Crippen LogP) is 10.7. The number of pyridine rings is 1. The molecule has 0 saturated carbocycles. The van der Waals surface area contributed by atoms with Crippen molar-refractivity contribution in [3.05, 3.63) is 163 Å². The quantitative estimate of drug-likeness (QED) is 0.190. The molecule has 4 heterocycles. The summed E-state index contributed by atoms with van der Waals surface area (Å²) in [5.41, 5.74) is 10.8. The Morgan fingerprint density at radius 1 is 0.531 bits per heavy atom. The van der Waals surface area contributed by atoms with Crippen LogP contribution in [0.2, 0.25) is 0 Å². The Balaban J connectivity index is 1.08. The highest BCUT2D eigenvalue weighted by Crippen LogP contribution is 2.37. The lowest BCUT2D eigenvalue weighted by Gasteiger charge is -2.12. The number of hydrogen-bond donors (Lipinski definition) is 0.